The zero-order chi connectivity index (χ0) is 20.1. The third kappa shape index (κ3) is 5.33. The molecule has 12 nitrogen and oxygen atoms in total. The maximum atomic E-state index is 11.5. The molecule has 6 atom stereocenters. The van der Waals surface area contributed by atoms with E-state index < -0.39 is 73.7 Å². The summed E-state index contributed by atoms with van der Waals surface area (Å²) in [7, 11) is 1.17. The molecular weight excluding hydrogens is 358 g/mol. The number of ether oxygens (including phenoxy) is 3. The van der Waals surface area contributed by atoms with Crippen molar-refractivity contribution in [2.75, 3.05) is 20.3 Å². The third-order valence-corrected chi connectivity index (χ3v) is 3.86. The number of carbonyl (C=O) groups excluding carboxylic acids is 2. The van der Waals surface area contributed by atoms with E-state index >= 15 is 0 Å². The molecule has 12 heteroatoms. The molecule has 0 bridgehead atoms. The van der Waals surface area contributed by atoms with Crippen LogP contribution in [0.5, 0.6) is 0 Å². The molecule has 0 spiro atoms. The second kappa shape index (κ2) is 9.21. The quantitative estimate of drug-likeness (QED) is 0.227. The molecule has 0 aliphatic carbocycles. The largest absolute Gasteiger partial charge is 0.477 e. The Morgan fingerprint density at radius 1 is 1.38 bits per heavy atom. The highest BCUT2D eigenvalue weighted by Crippen LogP contribution is 2.31. The van der Waals surface area contributed by atoms with E-state index in [1.807, 2.05) is 0 Å². The lowest BCUT2D eigenvalue weighted by Crippen LogP contribution is -2.67. The van der Waals surface area contributed by atoms with Crippen LogP contribution in [0.15, 0.2) is 0 Å². The van der Waals surface area contributed by atoms with Crippen molar-refractivity contribution in [1.29, 1.82) is 0 Å². The summed E-state index contributed by atoms with van der Waals surface area (Å²) in [5.74, 6) is -6.24. The lowest BCUT2D eigenvalue weighted by atomic mass is 9.88. The molecule has 26 heavy (non-hydrogen) atoms. The van der Waals surface area contributed by atoms with Gasteiger partial charge in [-0.15, -0.1) is 0 Å². The number of carboxylic acid groups (broad SMARTS) is 1. The van der Waals surface area contributed by atoms with E-state index in [2.05, 4.69) is 5.32 Å². The summed E-state index contributed by atoms with van der Waals surface area (Å²) in [6.07, 6.45) is -7.03. The molecule has 1 aliphatic rings. The summed E-state index contributed by atoms with van der Waals surface area (Å²) < 4.78 is 14.7. The maximum absolute atomic E-state index is 11.5. The second-order valence-electron chi connectivity index (χ2n) is 5.76. The van der Waals surface area contributed by atoms with Gasteiger partial charge in [0.25, 0.3) is 5.79 Å². The van der Waals surface area contributed by atoms with Crippen LogP contribution in [-0.4, -0.2) is 99.9 Å². The lowest BCUT2D eigenvalue weighted by Gasteiger charge is -2.45. The Morgan fingerprint density at radius 2 is 2.00 bits per heavy atom. The Morgan fingerprint density at radius 3 is 2.46 bits per heavy atom. The Kier molecular flexibility index (Phi) is 7.87. The highest BCUT2D eigenvalue weighted by Gasteiger charge is 2.54. The van der Waals surface area contributed by atoms with Crippen molar-refractivity contribution >= 4 is 17.8 Å². The van der Waals surface area contributed by atoms with Gasteiger partial charge in [0.1, 0.15) is 31.5 Å². The molecule has 1 amide bonds. The second-order valence-corrected chi connectivity index (χ2v) is 5.76. The van der Waals surface area contributed by atoms with Crippen molar-refractivity contribution in [2.45, 2.75) is 49.6 Å². The van der Waals surface area contributed by atoms with Gasteiger partial charge >= 0.3 is 11.9 Å². The van der Waals surface area contributed by atoms with Crippen LogP contribution in [0.2, 0.25) is 0 Å². The highest BCUT2D eigenvalue weighted by atomic mass is 16.7. The first-order chi connectivity index (χ1) is 12.1. The van der Waals surface area contributed by atoms with E-state index in [0.717, 1.165) is 6.92 Å². The first-order valence-electron chi connectivity index (χ1n) is 7.61. The summed E-state index contributed by atoms with van der Waals surface area (Å²) in [6, 6.07) is -1.38. The Labute approximate surface area is 148 Å². The molecule has 1 fully saturated rings. The van der Waals surface area contributed by atoms with Gasteiger partial charge < -0.3 is 45.1 Å². The smallest absolute Gasteiger partial charge is 0.364 e. The number of hydrogen-bond acceptors (Lipinski definition) is 10. The van der Waals surface area contributed by atoms with Crippen LogP contribution in [0.25, 0.3) is 0 Å². The van der Waals surface area contributed by atoms with Crippen molar-refractivity contribution in [2.24, 2.45) is 0 Å². The average molecular weight is 381 g/mol. The van der Waals surface area contributed by atoms with Crippen LogP contribution >= 0.6 is 0 Å². The Hall–Kier alpha value is -1.83. The molecule has 0 aromatic heterocycles. The minimum Gasteiger partial charge on any atom is -0.477 e. The number of aliphatic carboxylic acids is 1. The number of esters is 1. The molecule has 6 N–H and O–H groups in total. The summed E-state index contributed by atoms with van der Waals surface area (Å²) >= 11 is 0. The molecule has 1 rings (SSSR count). The van der Waals surface area contributed by atoms with Gasteiger partial charge in [0.2, 0.25) is 5.91 Å². The summed E-state index contributed by atoms with van der Waals surface area (Å²) in [5.41, 5.74) is 0. The number of amides is 1. The average Bonchev–Trinajstić information content (AvgIpc) is 2.56. The van der Waals surface area contributed by atoms with Crippen LogP contribution in [0.1, 0.15) is 13.3 Å². The van der Waals surface area contributed by atoms with Crippen molar-refractivity contribution in [1.82, 2.24) is 5.32 Å². The number of methoxy groups -OCH3 is 1. The minimum absolute atomic E-state index is 0.435. The van der Waals surface area contributed by atoms with Gasteiger partial charge in [-0.1, -0.05) is 0 Å². The van der Waals surface area contributed by atoms with Crippen LogP contribution in [0, 0.1) is 0 Å². The van der Waals surface area contributed by atoms with Crippen LogP contribution in [0.4, 0.5) is 0 Å². The van der Waals surface area contributed by atoms with Gasteiger partial charge in [-0.3, -0.25) is 9.59 Å². The zero-order valence-electron chi connectivity index (χ0n) is 14.2. The van der Waals surface area contributed by atoms with Crippen LogP contribution in [0.3, 0.4) is 0 Å². The van der Waals surface area contributed by atoms with Gasteiger partial charge in [-0.05, 0) is 0 Å². The Balaban J connectivity index is 3.10. The standard InChI is InChI=1S/C14H23NO11/c1-6(17)25-5-8(24-2)11(20)12-10(15-9(19)4-16)7(18)3-14(23,26-12)13(21)22/h7-8,10-12,16,18,20,23H,3-5H2,1-2H3,(H,15,19)(H,21,22). The Bertz CT molecular complexity index is 527. The molecule has 0 radical (unpaired) electrons. The summed E-state index contributed by atoms with van der Waals surface area (Å²) in [5, 5.41) is 50.8. The van der Waals surface area contributed by atoms with Gasteiger partial charge in [0.15, 0.2) is 0 Å². The van der Waals surface area contributed by atoms with Gasteiger partial charge in [-0.2, -0.15) is 0 Å². The maximum Gasteiger partial charge on any atom is 0.364 e. The lowest BCUT2D eigenvalue weighted by molar-refractivity contribution is -0.296. The third-order valence-electron chi connectivity index (χ3n) is 3.86. The summed E-state index contributed by atoms with van der Waals surface area (Å²) in [4.78, 5) is 33.6. The molecule has 0 aromatic carbocycles. The van der Waals surface area contributed by atoms with E-state index in [9.17, 15) is 29.7 Å². The molecule has 0 saturated carbocycles. The molecule has 1 saturated heterocycles. The molecule has 6 unspecified atom stereocenters. The molecule has 150 valence electrons. The van der Waals surface area contributed by atoms with E-state index in [4.69, 9.17) is 24.4 Å². The van der Waals surface area contributed by atoms with Crippen LogP contribution < -0.4 is 5.32 Å². The minimum atomic E-state index is -2.83. The van der Waals surface area contributed by atoms with Crippen molar-refractivity contribution in [3.8, 4) is 0 Å². The molecule has 0 aromatic rings. The normalized spacial score (nSPS) is 30.9. The summed E-state index contributed by atoms with van der Waals surface area (Å²) in [6.45, 7) is -0.251. The highest BCUT2D eigenvalue weighted by molar-refractivity contribution is 5.78. The fourth-order valence-electron chi connectivity index (χ4n) is 2.52. The van der Waals surface area contributed by atoms with E-state index in [1.165, 1.54) is 7.11 Å². The topological polar surface area (TPSA) is 192 Å². The van der Waals surface area contributed by atoms with Gasteiger partial charge in [0.05, 0.1) is 12.1 Å². The van der Waals surface area contributed by atoms with Gasteiger partial charge in [0, 0.05) is 20.5 Å². The van der Waals surface area contributed by atoms with Crippen molar-refractivity contribution < 1.29 is 54.1 Å². The monoisotopic (exact) mass is 381 g/mol. The number of carbonyl (C=O) groups is 3. The number of nitrogens with one attached hydrogen (secondary N) is 1. The number of hydrogen-bond donors (Lipinski definition) is 6. The number of rotatable bonds is 8. The van der Waals surface area contributed by atoms with E-state index in [1.54, 1.807) is 0 Å². The van der Waals surface area contributed by atoms with Crippen molar-refractivity contribution in [3.05, 3.63) is 0 Å². The fourth-order valence-corrected chi connectivity index (χ4v) is 2.52. The zero-order valence-corrected chi connectivity index (χ0v) is 14.2. The van der Waals surface area contributed by atoms with Crippen molar-refractivity contribution in [3.63, 3.8) is 0 Å². The van der Waals surface area contributed by atoms with Crippen LogP contribution in [-0.2, 0) is 28.6 Å². The first kappa shape index (κ1) is 22.2. The predicted molar refractivity (Wildman–Crippen MR) is 80.5 cm³/mol. The predicted octanol–water partition coefficient (Wildman–Crippen LogP) is -3.67. The van der Waals surface area contributed by atoms with Gasteiger partial charge in [-0.25, -0.2) is 4.79 Å². The van der Waals surface area contributed by atoms with E-state index in [-0.39, 0.29) is 0 Å². The molecule has 1 heterocycles. The SMILES string of the molecule is COC(COC(C)=O)C(O)C1OC(O)(C(=O)O)CC(O)C1NC(=O)CO. The molecular formula is C14H23NO11. The molecule has 1 aliphatic heterocycles. The number of aliphatic hydroxyl groups is 4. The number of aliphatic hydroxyl groups excluding tert-OH is 3. The first-order valence-corrected chi connectivity index (χ1v) is 7.61. The van der Waals surface area contributed by atoms with E-state index in [0.29, 0.717) is 0 Å². The number of carboxylic acids is 1. The fraction of sp³-hybridized carbons (Fsp3) is 0.786.